The molecule has 42 heavy (non-hydrogen) atoms. The molecule has 0 radical (unpaired) electrons. The van der Waals surface area contributed by atoms with Gasteiger partial charge in [-0.1, -0.05) is 95.6 Å². The van der Waals surface area contributed by atoms with Crippen molar-refractivity contribution in [3.8, 4) is 0 Å². The minimum atomic E-state index is -3.96. The lowest BCUT2D eigenvalue weighted by Gasteiger charge is -2.34. The van der Waals surface area contributed by atoms with Crippen molar-refractivity contribution in [3.05, 3.63) is 97.9 Å². The van der Waals surface area contributed by atoms with Crippen molar-refractivity contribution >= 4 is 73.9 Å². The molecule has 3 aromatic carbocycles. The Hall–Kier alpha value is -2.49. The van der Waals surface area contributed by atoms with Crippen LogP contribution in [0.1, 0.15) is 36.8 Å². The van der Waals surface area contributed by atoms with E-state index in [2.05, 4.69) is 5.32 Å². The average molecular weight is 671 g/mol. The van der Waals surface area contributed by atoms with Gasteiger partial charge in [0.1, 0.15) is 12.6 Å². The summed E-state index contributed by atoms with van der Waals surface area (Å²) < 4.78 is 26.8. The Labute approximate surface area is 266 Å². The third-order valence-corrected chi connectivity index (χ3v) is 9.44. The lowest BCUT2D eigenvalue weighted by atomic mass is 10.0. The summed E-state index contributed by atoms with van der Waals surface area (Å²) in [5.41, 5.74) is 1.60. The molecule has 2 amide bonds. The first-order valence-electron chi connectivity index (χ1n) is 13.4. The molecule has 0 aromatic heterocycles. The molecule has 1 aliphatic rings. The molecule has 4 rings (SSSR count). The second-order valence-corrected chi connectivity index (χ2v) is 14.0. The molecule has 7 nitrogen and oxygen atoms in total. The molecule has 1 saturated carbocycles. The van der Waals surface area contributed by atoms with Gasteiger partial charge in [-0.3, -0.25) is 13.9 Å². The molecule has 0 heterocycles. The maximum absolute atomic E-state index is 14.2. The van der Waals surface area contributed by atoms with Crippen LogP contribution in [0.25, 0.3) is 0 Å². The molecule has 1 aliphatic carbocycles. The number of amides is 2. The first-order valence-corrected chi connectivity index (χ1v) is 16.8. The number of carbonyl (C=O) groups is 2. The second kappa shape index (κ2) is 14.3. The Bertz CT molecular complexity index is 1510. The molecule has 1 N–H and O–H groups in total. The van der Waals surface area contributed by atoms with Crippen molar-refractivity contribution in [3.63, 3.8) is 0 Å². The van der Waals surface area contributed by atoms with E-state index in [0.29, 0.717) is 15.6 Å². The zero-order valence-corrected chi connectivity index (χ0v) is 26.7. The van der Waals surface area contributed by atoms with E-state index >= 15 is 0 Å². The molecule has 0 saturated heterocycles. The van der Waals surface area contributed by atoms with Crippen molar-refractivity contribution in [1.29, 1.82) is 0 Å². The maximum Gasteiger partial charge on any atom is 0.244 e. The van der Waals surface area contributed by atoms with Crippen LogP contribution < -0.4 is 9.62 Å². The minimum Gasteiger partial charge on any atom is -0.352 e. The van der Waals surface area contributed by atoms with Crippen molar-refractivity contribution in [2.75, 3.05) is 17.1 Å². The number of sulfonamides is 1. The maximum atomic E-state index is 14.2. The Morgan fingerprint density at radius 2 is 1.52 bits per heavy atom. The number of halogens is 4. The predicted molar refractivity (Wildman–Crippen MR) is 170 cm³/mol. The van der Waals surface area contributed by atoms with Gasteiger partial charge in [0.25, 0.3) is 0 Å². The third kappa shape index (κ3) is 8.77. The fourth-order valence-electron chi connectivity index (χ4n) is 5.05. The van der Waals surface area contributed by atoms with Crippen LogP contribution in [-0.2, 0) is 32.6 Å². The van der Waals surface area contributed by atoms with E-state index in [9.17, 15) is 18.0 Å². The molecule has 12 heteroatoms. The van der Waals surface area contributed by atoms with Gasteiger partial charge in [0.05, 0.1) is 22.0 Å². The van der Waals surface area contributed by atoms with Crippen LogP contribution in [0.4, 0.5) is 5.69 Å². The number of nitrogens with zero attached hydrogens (tertiary/aromatic N) is 2. The van der Waals surface area contributed by atoms with E-state index in [1.807, 2.05) is 30.3 Å². The van der Waals surface area contributed by atoms with Crippen molar-refractivity contribution in [1.82, 2.24) is 10.2 Å². The first-order chi connectivity index (χ1) is 19.9. The van der Waals surface area contributed by atoms with Crippen molar-refractivity contribution in [2.45, 2.75) is 50.7 Å². The van der Waals surface area contributed by atoms with E-state index < -0.39 is 28.5 Å². The SMILES string of the molecule is CS(=O)(=O)N(CC(=O)N(Cc1ccc(Cl)c(Cl)c1)[C@H](Cc1ccccc1)C(=O)NC1CCCC1)c1cc(Cl)cc(Cl)c1. The number of carbonyl (C=O) groups excluding carboxylic acids is 2. The molecule has 1 atom stereocenters. The molecular weight excluding hydrogens is 640 g/mol. The van der Waals surface area contributed by atoms with Crippen LogP contribution in [0.15, 0.2) is 66.7 Å². The first kappa shape index (κ1) is 32.4. The van der Waals surface area contributed by atoms with Crippen LogP contribution in [-0.4, -0.2) is 50.0 Å². The summed E-state index contributed by atoms with van der Waals surface area (Å²) in [6, 6.07) is 17.7. The lowest BCUT2D eigenvalue weighted by Crippen LogP contribution is -2.54. The summed E-state index contributed by atoms with van der Waals surface area (Å²) in [5.74, 6) is -0.902. The zero-order chi connectivity index (χ0) is 30.4. The fraction of sp³-hybridized carbons (Fsp3) is 0.333. The number of nitrogens with one attached hydrogen (secondary N) is 1. The Morgan fingerprint density at radius 1 is 0.881 bits per heavy atom. The van der Waals surface area contributed by atoms with Gasteiger partial charge in [-0.15, -0.1) is 0 Å². The smallest absolute Gasteiger partial charge is 0.244 e. The highest BCUT2D eigenvalue weighted by molar-refractivity contribution is 7.92. The van der Waals surface area contributed by atoms with Crippen molar-refractivity contribution < 1.29 is 18.0 Å². The number of benzene rings is 3. The molecule has 0 unspecified atom stereocenters. The largest absolute Gasteiger partial charge is 0.352 e. The Balaban J connectivity index is 1.75. The van der Waals surface area contributed by atoms with Crippen LogP contribution in [0.2, 0.25) is 20.1 Å². The molecule has 1 fully saturated rings. The molecule has 0 bridgehead atoms. The summed E-state index contributed by atoms with van der Waals surface area (Å²) in [4.78, 5) is 29.5. The van der Waals surface area contributed by atoms with Gasteiger partial charge < -0.3 is 10.2 Å². The quantitative estimate of drug-likeness (QED) is 0.244. The molecule has 0 spiro atoms. The highest BCUT2D eigenvalue weighted by Gasteiger charge is 2.34. The monoisotopic (exact) mass is 669 g/mol. The second-order valence-electron chi connectivity index (χ2n) is 10.4. The number of anilines is 1. The third-order valence-electron chi connectivity index (χ3n) is 7.12. The zero-order valence-electron chi connectivity index (χ0n) is 22.9. The predicted octanol–water partition coefficient (Wildman–Crippen LogP) is 6.77. The summed E-state index contributed by atoms with van der Waals surface area (Å²) in [6.45, 7) is -0.599. The highest BCUT2D eigenvalue weighted by Crippen LogP contribution is 2.29. The van der Waals surface area contributed by atoms with Crippen LogP contribution in [0.5, 0.6) is 0 Å². The Morgan fingerprint density at radius 3 is 2.12 bits per heavy atom. The summed E-state index contributed by atoms with van der Waals surface area (Å²) in [7, 11) is -3.96. The highest BCUT2D eigenvalue weighted by atomic mass is 35.5. The van der Waals surface area contributed by atoms with Gasteiger partial charge >= 0.3 is 0 Å². The van der Waals surface area contributed by atoms with Gasteiger partial charge in [-0.2, -0.15) is 0 Å². The van der Waals surface area contributed by atoms with Gasteiger partial charge in [0.2, 0.25) is 21.8 Å². The molecule has 0 aliphatic heterocycles. The van der Waals surface area contributed by atoms with Crippen LogP contribution in [0, 0.1) is 0 Å². The minimum absolute atomic E-state index is 0.0128. The van der Waals surface area contributed by atoms with Gasteiger partial charge in [-0.25, -0.2) is 8.42 Å². The van der Waals surface area contributed by atoms with E-state index in [0.717, 1.165) is 41.8 Å². The number of rotatable bonds is 11. The van der Waals surface area contributed by atoms with Gasteiger partial charge in [-0.05, 0) is 54.3 Å². The van der Waals surface area contributed by atoms with E-state index in [-0.39, 0.29) is 40.6 Å². The number of hydrogen-bond donors (Lipinski definition) is 1. The topological polar surface area (TPSA) is 86.8 Å². The molecular formula is C30H31Cl4N3O4S. The van der Waals surface area contributed by atoms with Crippen LogP contribution >= 0.6 is 46.4 Å². The van der Waals surface area contributed by atoms with Crippen molar-refractivity contribution in [2.24, 2.45) is 0 Å². The molecule has 224 valence electrons. The summed E-state index contributed by atoms with van der Waals surface area (Å²) in [6.07, 6.45) is 4.97. The Kier molecular flexibility index (Phi) is 11.1. The summed E-state index contributed by atoms with van der Waals surface area (Å²) >= 11 is 24.8. The normalized spacial score (nSPS) is 14.4. The van der Waals surface area contributed by atoms with Gasteiger partial charge in [0.15, 0.2) is 0 Å². The van der Waals surface area contributed by atoms with Gasteiger partial charge in [0, 0.05) is 29.1 Å². The average Bonchev–Trinajstić information content (AvgIpc) is 3.43. The number of hydrogen-bond acceptors (Lipinski definition) is 4. The van der Waals surface area contributed by atoms with E-state index in [1.165, 1.54) is 23.1 Å². The fourth-order valence-corrected chi connectivity index (χ4v) is 6.72. The molecule has 3 aromatic rings. The lowest BCUT2D eigenvalue weighted by molar-refractivity contribution is -0.140. The van der Waals surface area contributed by atoms with Crippen LogP contribution in [0.3, 0.4) is 0 Å². The van der Waals surface area contributed by atoms with E-state index in [4.69, 9.17) is 46.4 Å². The van der Waals surface area contributed by atoms with E-state index in [1.54, 1.807) is 18.2 Å². The standard InChI is InChI=1S/C30H31Cl4N3O4S/c1-42(40,41)37(25-16-22(31)15-23(32)17-25)19-29(38)36(18-21-11-12-26(33)27(34)13-21)28(14-20-7-3-2-4-8-20)30(39)35-24-9-5-6-10-24/h2-4,7-8,11-13,15-17,24,28H,5-6,9-10,14,18-19H2,1H3,(H,35,39)/t28-/m1/s1. The summed E-state index contributed by atoms with van der Waals surface area (Å²) in [5, 5.41) is 4.19.